The van der Waals surface area contributed by atoms with Gasteiger partial charge in [0.1, 0.15) is 5.75 Å². The van der Waals surface area contributed by atoms with Crippen molar-refractivity contribution in [3.8, 4) is 11.4 Å². The molecular formula is C18H17N3O3S. The molecule has 0 unspecified atom stereocenters. The van der Waals surface area contributed by atoms with E-state index in [4.69, 9.17) is 4.74 Å². The molecule has 1 aliphatic heterocycles. The fraction of sp³-hybridized carbons (Fsp3) is 0.167. The van der Waals surface area contributed by atoms with Crippen LogP contribution in [0.3, 0.4) is 0 Å². The van der Waals surface area contributed by atoms with Crippen molar-refractivity contribution in [2.45, 2.75) is 17.9 Å². The molecular weight excluding hydrogens is 338 g/mol. The standard InChI is InChI=1S/C18H17N3O3S/c22-25(23,17-6-7-18-14(12-17)9-11-24-18)19-13-15-8-10-21(20-15)16-4-2-1-3-5-16/h1-8,10,12,19H,9,11,13H2. The zero-order valence-corrected chi connectivity index (χ0v) is 14.2. The third kappa shape index (κ3) is 3.29. The number of aromatic nitrogens is 2. The maximum atomic E-state index is 12.5. The summed E-state index contributed by atoms with van der Waals surface area (Å²) in [5, 5.41) is 4.40. The monoisotopic (exact) mass is 355 g/mol. The van der Waals surface area contributed by atoms with E-state index in [1.807, 2.05) is 36.5 Å². The summed E-state index contributed by atoms with van der Waals surface area (Å²) in [6.45, 7) is 0.735. The van der Waals surface area contributed by atoms with Gasteiger partial charge >= 0.3 is 0 Å². The summed E-state index contributed by atoms with van der Waals surface area (Å²) in [6, 6.07) is 16.4. The second-order valence-corrected chi connectivity index (χ2v) is 7.55. The van der Waals surface area contributed by atoms with Crippen molar-refractivity contribution in [3.05, 3.63) is 72.1 Å². The van der Waals surface area contributed by atoms with Crippen LogP contribution in [-0.4, -0.2) is 24.8 Å². The van der Waals surface area contributed by atoms with Gasteiger partial charge < -0.3 is 4.74 Å². The quantitative estimate of drug-likeness (QED) is 0.762. The van der Waals surface area contributed by atoms with Crippen LogP contribution < -0.4 is 9.46 Å². The summed E-state index contributed by atoms with van der Waals surface area (Å²) < 4.78 is 34.7. The van der Waals surface area contributed by atoms with Crippen molar-refractivity contribution in [1.82, 2.24) is 14.5 Å². The van der Waals surface area contributed by atoms with Crippen LogP contribution >= 0.6 is 0 Å². The molecule has 4 rings (SSSR count). The number of sulfonamides is 1. The van der Waals surface area contributed by atoms with Gasteiger partial charge in [0.2, 0.25) is 10.0 Å². The average Bonchev–Trinajstić information content (AvgIpc) is 3.29. The molecule has 0 amide bonds. The average molecular weight is 355 g/mol. The second kappa shape index (κ2) is 6.34. The van der Waals surface area contributed by atoms with E-state index in [1.54, 1.807) is 28.9 Å². The zero-order chi connectivity index (χ0) is 17.3. The van der Waals surface area contributed by atoms with Crippen molar-refractivity contribution >= 4 is 10.0 Å². The molecule has 1 aliphatic rings. The summed E-state index contributed by atoms with van der Waals surface area (Å²) in [5.41, 5.74) is 2.50. The molecule has 7 heteroatoms. The van der Waals surface area contributed by atoms with E-state index in [-0.39, 0.29) is 11.4 Å². The lowest BCUT2D eigenvalue weighted by Crippen LogP contribution is -2.23. The predicted octanol–water partition coefficient (Wildman–Crippen LogP) is 2.29. The maximum Gasteiger partial charge on any atom is 0.240 e. The van der Waals surface area contributed by atoms with E-state index < -0.39 is 10.0 Å². The Kier molecular flexibility index (Phi) is 4.03. The highest BCUT2D eigenvalue weighted by Crippen LogP contribution is 2.27. The van der Waals surface area contributed by atoms with Gasteiger partial charge in [0.05, 0.1) is 29.4 Å². The second-order valence-electron chi connectivity index (χ2n) is 5.78. The highest BCUT2D eigenvalue weighted by molar-refractivity contribution is 7.89. The minimum atomic E-state index is -3.59. The molecule has 2 aromatic carbocycles. The molecule has 0 fully saturated rings. The van der Waals surface area contributed by atoms with Crippen LogP contribution in [0.1, 0.15) is 11.3 Å². The molecule has 0 aliphatic carbocycles. The van der Waals surface area contributed by atoms with Crippen molar-refractivity contribution in [3.63, 3.8) is 0 Å². The Balaban J connectivity index is 1.48. The first-order valence-corrected chi connectivity index (χ1v) is 9.45. The van der Waals surface area contributed by atoms with Crippen molar-refractivity contribution in [2.24, 2.45) is 0 Å². The molecule has 2 heterocycles. The molecule has 0 atom stereocenters. The Labute approximate surface area is 146 Å². The lowest BCUT2D eigenvalue weighted by Gasteiger charge is -2.07. The Morgan fingerprint density at radius 1 is 1.12 bits per heavy atom. The van der Waals surface area contributed by atoms with E-state index in [0.717, 1.165) is 23.4 Å². The number of hydrogen-bond acceptors (Lipinski definition) is 4. The molecule has 1 aromatic heterocycles. The molecule has 25 heavy (non-hydrogen) atoms. The third-order valence-electron chi connectivity index (χ3n) is 4.08. The van der Waals surface area contributed by atoms with Gasteiger partial charge in [-0.1, -0.05) is 18.2 Å². The Hall–Kier alpha value is -2.64. The number of rotatable bonds is 5. The van der Waals surface area contributed by atoms with Crippen LogP contribution in [0.15, 0.2) is 65.7 Å². The minimum Gasteiger partial charge on any atom is -0.493 e. The Morgan fingerprint density at radius 3 is 2.80 bits per heavy atom. The van der Waals surface area contributed by atoms with Crippen LogP contribution in [0, 0.1) is 0 Å². The first-order chi connectivity index (χ1) is 12.1. The third-order valence-corrected chi connectivity index (χ3v) is 5.48. The summed E-state index contributed by atoms with van der Waals surface area (Å²) in [4.78, 5) is 0.249. The van der Waals surface area contributed by atoms with Crippen LogP contribution in [0.2, 0.25) is 0 Å². The molecule has 128 valence electrons. The van der Waals surface area contributed by atoms with Gasteiger partial charge in [0.15, 0.2) is 0 Å². The van der Waals surface area contributed by atoms with Crippen molar-refractivity contribution < 1.29 is 13.2 Å². The van der Waals surface area contributed by atoms with Crippen LogP contribution in [0.4, 0.5) is 0 Å². The smallest absolute Gasteiger partial charge is 0.240 e. The lowest BCUT2D eigenvalue weighted by molar-refractivity contribution is 0.356. The Bertz CT molecular complexity index is 997. The van der Waals surface area contributed by atoms with Gasteiger partial charge in [0.25, 0.3) is 0 Å². The molecule has 0 radical (unpaired) electrons. The van der Waals surface area contributed by atoms with E-state index in [1.165, 1.54) is 0 Å². The van der Waals surface area contributed by atoms with Crippen molar-refractivity contribution in [1.29, 1.82) is 0 Å². The normalized spacial score (nSPS) is 13.4. The predicted molar refractivity (Wildman–Crippen MR) is 93.2 cm³/mol. The van der Waals surface area contributed by atoms with E-state index >= 15 is 0 Å². The number of hydrogen-bond donors (Lipinski definition) is 1. The molecule has 0 bridgehead atoms. The SMILES string of the molecule is O=S(=O)(NCc1ccn(-c2ccccc2)n1)c1ccc2c(c1)CCO2. The topological polar surface area (TPSA) is 73.2 Å². The first kappa shape index (κ1) is 15.9. The minimum absolute atomic E-state index is 0.135. The van der Waals surface area contributed by atoms with Gasteiger partial charge in [-0.05, 0) is 42.0 Å². The highest BCUT2D eigenvalue weighted by atomic mass is 32.2. The van der Waals surface area contributed by atoms with Crippen LogP contribution in [0.5, 0.6) is 5.75 Å². The fourth-order valence-corrected chi connectivity index (χ4v) is 3.81. The molecule has 1 N–H and O–H groups in total. The molecule has 0 saturated carbocycles. The van der Waals surface area contributed by atoms with Crippen LogP contribution in [-0.2, 0) is 23.0 Å². The van der Waals surface area contributed by atoms with Crippen LogP contribution in [0.25, 0.3) is 5.69 Å². The highest BCUT2D eigenvalue weighted by Gasteiger charge is 2.19. The molecule has 6 nitrogen and oxygen atoms in total. The van der Waals surface area contributed by atoms with Gasteiger partial charge in [-0.3, -0.25) is 0 Å². The maximum absolute atomic E-state index is 12.5. The van der Waals surface area contributed by atoms with Gasteiger partial charge in [-0.15, -0.1) is 0 Å². The van der Waals surface area contributed by atoms with E-state index in [0.29, 0.717) is 12.3 Å². The molecule has 0 spiro atoms. The van der Waals surface area contributed by atoms with Gasteiger partial charge in [-0.2, -0.15) is 5.10 Å². The fourth-order valence-electron chi connectivity index (χ4n) is 2.76. The van der Waals surface area contributed by atoms with Gasteiger partial charge in [-0.25, -0.2) is 17.8 Å². The summed E-state index contributed by atoms with van der Waals surface area (Å²) in [7, 11) is -3.59. The van der Waals surface area contributed by atoms with E-state index in [9.17, 15) is 8.42 Å². The zero-order valence-electron chi connectivity index (χ0n) is 13.4. The summed E-state index contributed by atoms with van der Waals surface area (Å²) >= 11 is 0. The number of fused-ring (bicyclic) bond motifs is 1. The number of para-hydroxylation sites is 1. The Morgan fingerprint density at radius 2 is 1.96 bits per heavy atom. The largest absolute Gasteiger partial charge is 0.493 e. The first-order valence-electron chi connectivity index (χ1n) is 7.97. The molecule has 0 saturated heterocycles. The number of ether oxygens (including phenoxy) is 1. The summed E-state index contributed by atoms with van der Waals surface area (Å²) in [5.74, 6) is 0.764. The number of nitrogens with zero attached hydrogens (tertiary/aromatic N) is 2. The van der Waals surface area contributed by atoms with Crippen molar-refractivity contribution in [2.75, 3.05) is 6.61 Å². The number of benzene rings is 2. The lowest BCUT2D eigenvalue weighted by atomic mass is 10.2. The van der Waals surface area contributed by atoms with Gasteiger partial charge in [0, 0.05) is 12.6 Å². The number of nitrogens with one attached hydrogen (secondary N) is 1. The molecule has 3 aromatic rings. The van der Waals surface area contributed by atoms with E-state index in [2.05, 4.69) is 9.82 Å². The summed E-state index contributed by atoms with van der Waals surface area (Å²) in [6.07, 6.45) is 2.55.